The van der Waals surface area contributed by atoms with Gasteiger partial charge in [-0.25, -0.2) is 4.98 Å². The van der Waals surface area contributed by atoms with E-state index in [2.05, 4.69) is 51.1 Å². The number of nitrogens with one attached hydrogen (secondary N) is 1. The fraction of sp³-hybridized carbons (Fsp3) is 0.583. The third-order valence-electron chi connectivity index (χ3n) is 2.51. The van der Waals surface area contributed by atoms with Crippen molar-refractivity contribution in [3.8, 4) is 5.95 Å². The molecule has 108 valence electrons. The second-order valence-electron chi connectivity index (χ2n) is 5.77. The van der Waals surface area contributed by atoms with E-state index in [1.165, 1.54) is 11.0 Å². The van der Waals surface area contributed by atoms with Crippen LogP contribution in [0.5, 0.6) is 0 Å². The summed E-state index contributed by atoms with van der Waals surface area (Å²) >= 11 is 0. The third kappa shape index (κ3) is 3.40. The molecule has 2 rings (SSSR count). The summed E-state index contributed by atoms with van der Waals surface area (Å²) in [6, 6.07) is 0. The quantitative estimate of drug-likeness (QED) is 0.890. The van der Waals surface area contributed by atoms with Gasteiger partial charge in [0.05, 0.1) is 0 Å². The lowest BCUT2D eigenvalue weighted by molar-refractivity contribution is 0.416. The number of hydrogen-bond acceptors (Lipinski definition) is 7. The molecule has 0 amide bonds. The van der Waals surface area contributed by atoms with Crippen molar-refractivity contribution in [3.63, 3.8) is 0 Å². The first kappa shape index (κ1) is 14.2. The molecule has 2 heterocycles. The van der Waals surface area contributed by atoms with Crippen LogP contribution in [-0.4, -0.2) is 50.4 Å². The standard InChI is InChI=1S/C12H20N8/c1-12(2,3)6-19(5)10-16-9(13-4)17-11(18-10)20-8-14-7-15-20/h7-8H,6H2,1-5H3,(H,13,16,17,18). The van der Waals surface area contributed by atoms with E-state index in [1.54, 1.807) is 13.4 Å². The van der Waals surface area contributed by atoms with Crippen LogP contribution in [0, 0.1) is 5.41 Å². The summed E-state index contributed by atoms with van der Waals surface area (Å²) in [5.74, 6) is 1.55. The first-order valence-electron chi connectivity index (χ1n) is 6.39. The molecule has 2 aromatic rings. The van der Waals surface area contributed by atoms with Crippen molar-refractivity contribution in [2.75, 3.05) is 30.9 Å². The van der Waals surface area contributed by atoms with Gasteiger partial charge in [0.25, 0.3) is 5.95 Å². The van der Waals surface area contributed by atoms with Crippen molar-refractivity contribution in [2.24, 2.45) is 5.41 Å². The highest BCUT2D eigenvalue weighted by molar-refractivity contribution is 5.39. The highest BCUT2D eigenvalue weighted by Gasteiger charge is 2.17. The van der Waals surface area contributed by atoms with E-state index < -0.39 is 0 Å². The van der Waals surface area contributed by atoms with Gasteiger partial charge < -0.3 is 10.2 Å². The topological polar surface area (TPSA) is 84.7 Å². The van der Waals surface area contributed by atoms with Gasteiger partial charge in [-0.15, -0.1) is 0 Å². The van der Waals surface area contributed by atoms with Crippen molar-refractivity contribution < 1.29 is 0 Å². The molecule has 0 radical (unpaired) electrons. The fourth-order valence-electron chi connectivity index (χ4n) is 1.83. The van der Waals surface area contributed by atoms with E-state index >= 15 is 0 Å². The zero-order chi connectivity index (χ0) is 14.8. The zero-order valence-electron chi connectivity index (χ0n) is 12.5. The Kier molecular flexibility index (Phi) is 3.82. The number of rotatable bonds is 4. The second kappa shape index (κ2) is 5.40. The van der Waals surface area contributed by atoms with Crippen LogP contribution < -0.4 is 10.2 Å². The van der Waals surface area contributed by atoms with Crippen LogP contribution in [0.1, 0.15) is 20.8 Å². The molecule has 20 heavy (non-hydrogen) atoms. The zero-order valence-corrected chi connectivity index (χ0v) is 12.5. The Hall–Kier alpha value is -2.25. The molecule has 0 atom stereocenters. The van der Waals surface area contributed by atoms with Crippen LogP contribution in [0.2, 0.25) is 0 Å². The predicted octanol–water partition coefficient (Wildman–Crippen LogP) is 0.976. The monoisotopic (exact) mass is 276 g/mol. The molecule has 0 spiro atoms. The van der Waals surface area contributed by atoms with E-state index in [9.17, 15) is 0 Å². The molecule has 0 fully saturated rings. The number of aromatic nitrogens is 6. The molecule has 0 saturated heterocycles. The van der Waals surface area contributed by atoms with Crippen molar-refractivity contribution >= 4 is 11.9 Å². The van der Waals surface area contributed by atoms with Crippen LogP contribution in [0.15, 0.2) is 12.7 Å². The minimum absolute atomic E-state index is 0.147. The van der Waals surface area contributed by atoms with Gasteiger partial charge >= 0.3 is 0 Å². The summed E-state index contributed by atoms with van der Waals surface area (Å²) in [6.45, 7) is 7.34. The maximum atomic E-state index is 4.43. The highest BCUT2D eigenvalue weighted by Crippen LogP contribution is 2.18. The Bertz CT molecular complexity index is 557. The van der Waals surface area contributed by atoms with E-state index in [1.807, 2.05) is 11.9 Å². The molecule has 0 aliphatic rings. The van der Waals surface area contributed by atoms with Gasteiger partial charge in [-0.05, 0) is 5.41 Å². The average molecular weight is 276 g/mol. The van der Waals surface area contributed by atoms with Crippen LogP contribution in [0.3, 0.4) is 0 Å². The van der Waals surface area contributed by atoms with Crippen molar-refractivity contribution in [3.05, 3.63) is 12.7 Å². The van der Waals surface area contributed by atoms with Crippen LogP contribution in [0.25, 0.3) is 5.95 Å². The summed E-state index contributed by atoms with van der Waals surface area (Å²) in [6.07, 6.45) is 3.00. The molecule has 0 saturated carbocycles. The molecule has 0 aliphatic carbocycles. The predicted molar refractivity (Wildman–Crippen MR) is 77.0 cm³/mol. The molecule has 8 nitrogen and oxygen atoms in total. The van der Waals surface area contributed by atoms with Gasteiger partial charge in [0.2, 0.25) is 11.9 Å². The third-order valence-corrected chi connectivity index (χ3v) is 2.51. The lowest BCUT2D eigenvalue weighted by Crippen LogP contribution is -2.31. The van der Waals surface area contributed by atoms with Crippen LogP contribution in [0.4, 0.5) is 11.9 Å². The molecular weight excluding hydrogens is 256 g/mol. The average Bonchev–Trinajstić information content (AvgIpc) is 2.90. The van der Waals surface area contributed by atoms with Gasteiger partial charge in [0.15, 0.2) is 0 Å². The molecule has 1 N–H and O–H groups in total. The van der Waals surface area contributed by atoms with Crippen LogP contribution in [-0.2, 0) is 0 Å². The van der Waals surface area contributed by atoms with Crippen LogP contribution >= 0.6 is 0 Å². The summed E-state index contributed by atoms with van der Waals surface area (Å²) in [7, 11) is 3.74. The summed E-state index contributed by atoms with van der Waals surface area (Å²) < 4.78 is 1.51. The van der Waals surface area contributed by atoms with Gasteiger partial charge in [0.1, 0.15) is 12.7 Å². The van der Waals surface area contributed by atoms with Gasteiger partial charge in [-0.1, -0.05) is 20.8 Å². The van der Waals surface area contributed by atoms with Gasteiger partial charge in [-0.2, -0.15) is 24.7 Å². The molecule has 0 bridgehead atoms. The first-order valence-corrected chi connectivity index (χ1v) is 6.39. The Balaban J connectivity index is 2.36. The Labute approximate surface area is 118 Å². The minimum atomic E-state index is 0.147. The Morgan fingerprint density at radius 2 is 2.00 bits per heavy atom. The molecular formula is C12H20N8. The summed E-state index contributed by atoms with van der Waals surface area (Å²) in [5.41, 5.74) is 0.147. The maximum Gasteiger partial charge on any atom is 0.258 e. The second-order valence-corrected chi connectivity index (χ2v) is 5.77. The highest BCUT2D eigenvalue weighted by atomic mass is 15.4. The van der Waals surface area contributed by atoms with Crippen molar-refractivity contribution in [2.45, 2.75) is 20.8 Å². The normalized spacial score (nSPS) is 11.4. The minimum Gasteiger partial charge on any atom is -0.357 e. The summed E-state index contributed by atoms with van der Waals surface area (Å²) in [5, 5.41) is 6.98. The van der Waals surface area contributed by atoms with E-state index in [4.69, 9.17) is 0 Å². The van der Waals surface area contributed by atoms with Crippen molar-refractivity contribution in [1.29, 1.82) is 0 Å². The number of nitrogens with zero attached hydrogens (tertiary/aromatic N) is 7. The molecule has 8 heteroatoms. The Morgan fingerprint density at radius 1 is 1.25 bits per heavy atom. The van der Waals surface area contributed by atoms with E-state index in [-0.39, 0.29) is 5.41 Å². The maximum absolute atomic E-state index is 4.43. The number of anilines is 2. The lowest BCUT2D eigenvalue weighted by Gasteiger charge is -2.26. The molecule has 0 aliphatic heterocycles. The van der Waals surface area contributed by atoms with Gasteiger partial charge in [-0.3, -0.25) is 0 Å². The van der Waals surface area contributed by atoms with E-state index in [0.717, 1.165) is 6.54 Å². The van der Waals surface area contributed by atoms with Gasteiger partial charge in [0, 0.05) is 20.6 Å². The molecule has 0 aromatic carbocycles. The van der Waals surface area contributed by atoms with Crippen molar-refractivity contribution in [1.82, 2.24) is 29.7 Å². The van der Waals surface area contributed by atoms with E-state index in [0.29, 0.717) is 17.8 Å². The molecule has 2 aromatic heterocycles. The Morgan fingerprint density at radius 3 is 2.55 bits per heavy atom. The fourth-order valence-corrected chi connectivity index (χ4v) is 1.83. The largest absolute Gasteiger partial charge is 0.357 e. The lowest BCUT2D eigenvalue weighted by atomic mass is 9.96. The number of hydrogen-bond donors (Lipinski definition) is 1. The SMILES string of the molecule is CNc1nc(N(C)CC(C)(C)C)nc(-n2cncn2)n1. The molecule has 0 unspecified atom stereocenters. The smallest absolute Gasteiger partial charge is 0.258 e. The summed E-state index contributed by atoms with van der Waals surface area (Å²) in [4.78, 5) is 19.0. The first-order chi connectivity index (χ1) is 9.39.